The van der Waals surface area contributed by atoms with E-state index < -0.39 is 0 Å². The van der Waals surface area contributed by atoms with Gasteiger partial charge in [0.05, 0.1) is 5.69 Å². The Morgan fingerprint density at radius 1 is 0.771 bits per heavy atom. The lowest BCUT2D eigenvalue weighted by Crippen LogP contribution is -2.00. The van der Waals surface area contributed by atoms with Crippen molar-refractivity contribution in [2.45, 2.75) is 10.9 Å². The molecular formula is C29H21BrN4S. The first-order valence-corrected chi connectivity index (χ1v) is 13.1. The number of aromatic nitrogens is 4. The van der Waals surface area contributed by atoms with Crippen LogP contribution in [-0.2, 0) is 5.75 Å². The van der Waals surface area contributed by atoms with Crippen molar-refractivity contribution in [2.24, 2.45) is 0 Å². The number of nitrogens with one attached hydrogen (secondary N) is 1. The second kappa shape index (κ2) is 9.56. The van der Waals surface area contributed by atoms with Crippen LogP contribution in [0.25, 0.3) is 39.2 Å². The van der Waals surface area contributed by atoms with Gasteiger partial charge in [-0.2, -0.15) is 0 Å². The Hall–Kier alpha value is -3.61. The maximum Gasteiger partial charge on any atom is 0.196 e. The van der Waals surface area contributed by atoms with E-state index in [2.05, 4.69) is 109 Å². The molecule has 0 bridgehead atoms. The lowest BCUT2D eigenvalue weighted by Gasteiger charge is -2.11. The molecule has 2 heterocycles. The Kier molecular flexibility index (Phi) is 5.98. The Bertz CT molecular complexity index is 1590. The van der Waals surface area contributed by atoms with Gasteiger partial charge in [-0.1, -0.05) is 107 Å². The number of hydrogen-bond donors (Lipinski definition) is 1. The molecule has 0 saturated heterocycles. The highest BCUT2D eigenvalue weighted by atomic mass is 79.9. The minimum atomic E-state index is 0.790. The number of rotatable bonds is 6. The third-order valence-electron chi connectivity index (χ3n) is 5.91. The molecule has 6 aromatic rings. The van der Waals surface area contributed by atoms with Gasteiger partial charge < -0.3 is 4.98 Å². The molecule has 0 aliphatic rings. The summed E-state index contributed by atoms with van der Waals surface area (Å²) >= 11 is 5.34. The highest BCUT2D eigenvalue weighted by Crippen LogP contribution is 2.40. The molecule has 0 unspecified atom stereocenters. The van der Waals surface area contributed by atoms with Gasteiger partial charge in [-0.3, -0.25) is 4.57 Å². The first kappa shape index (κ1) is 21.9. The van der Waals surface area contributed by atoms with E-state index in [4.69, 9.17) is 5.10 Å². The quantitative estimate of drug-likeness (QED) is 0.218. The predicted molar refractivity (Wildman–Crippen MR) is 148 cm³/mol. The molecule has 35 heavy (non-hydrogen) atoms. The Balaban J connectivity index is 1.55. The number of aromatic amines is 1. The van der Waals surface area contributed by atoms with E-state index >= 15 is 0 Å². The minimum absolute atomic E-state index is 0.790. The molecule has 0 spiro atoms. The summed E-state index contributed by atoms with van der Waals surface area (Å²) in [6.07, 6.45) is 0. The number of hydrogen-bond acceptors (Lipinski definition) is 3. The monoisotopic (exact) mass is 536 g/mol. The van der Waals surface area contributed by atoms with Crippen LogP contribution in [0, 0.1) is 0 Å². The average Bonchev–Trinajstić information content (AvgIpc) is 3.50. The van der Waals surface area contributed by atoms with Crippen LogP contribution < -0.4 is 0 Å². The molecule has 6 rings (SSSR count). The Morgan fingerprint density at radius 3 is 2.20 bits per heavy atom. The van der Waals surface area contributed by atoms with E-state index in [0.29, 0.717) is 0 Å². The van der Waals surface area contributed by atoms with E-state index in [1.165, 1.54) is 5.56 Å². The largest absolute Gasteiger partial charge is 0.351 e. The SMILES string of the molecule is Brc1ccc2[nH]c(-c3nnc(SCc4ccccc4)n3-c3ccccc3)c(-c3ccccc3)c2c1. The number of halogens is 1. The first-order valence-electron chi connectivity index (χ1n) is 11.3. The second-order valence-corrected chi connectivity index (χ2v) is 10.0. The fourth-order valence-electron chi connectivity index (χ4n) is 4.29. The van der Waals surface area contributed by atoms with Crippen LogP contribution in [0.1, 0.15) is 5.56 Å². The van der Waals surface area contributed by atoms with Crippen LogP contribution in [-0.4, -0.2) is 19.7 Å². The van der Waals surface area contributed by atoms with E-state index in [9.17, 15) is 0 Å². The van der Waals surface area contributed by atoms with Gasteiger partial charge in [0.1, 0.15) is 0 Å². The van der Waals surface area contributed by atoms with Crippen LogP contribution in [0.15, 0.2) is 119 Å². The molecule has 0 atom stereocenters. The van der Waals surface area contributed by atoms with Gasteiger partial charge in [0, 0.05) is 32.4 Å². The molecular weight excluding hydrogens is 516 g/mol. The highest BCUT2D eigenvalue weighted by Gasteiger charge is 2.23. The van der Waals surface area contributed by atoms with Crippen LogP contribution >= 0.6 is 27.7 Å². The van der Waals surface area contributed by atoms with Gasteiger partial charge in [0.25, 0.3) is 0 Å². The van der Waals surface area contributed by atoms with Crippen LogP contribution in [0.3, 0.4) is 0 Å². The molecule has 2 aromatic heterocycles. The van der Waals surface area contributed by atoms with Crippen molar-refractivity contribution in [1.82, 2.24) is 19.7 Å². The van der Waals surface area contributed by atoms with Crippen LogP contribution in [0.4, 0.5) is 0 Å². The van der Waals surface area contributed by atoms with Crippen molar-refractivity contribution in [3.05, 3.63) is 119 Å². The van der Waals surface area contributed by atoms with Gasteiger partial charge >= 0.3 is 0 Å². The third kappa shape index (κ3) is 4.31. The number of thioether (sulfide) groups is 1. The number of para-hydroxylation sites is 1. The Labute approximate surface area is 216 Å². The first-order chi connectivity index (χ1) is 17.3. The molecule has 1 N–H and O–H groups in total. The fraction of sp³-hybridized carbons (Fsp3) is 0.0345. The van der Waals surface area contributed by atoms with Gasteiger partial charge in [0.2, 0.25) is 0 Å². The minimum Gasteiger partial charge on any atom is -0.351 e. The fourth-order valence-corrected chi connectivity index (χ4v) is 5.56. The second-order valence-electron chi connectivity index (χ2n) is 8.18. The summed E-state index contributed by atoms with van der Waals surface area (Å²) in [5.74, 6) is 1.61. The Morgan fingerprint density at radius 2 is 1.46 bits per heavy atom. The van der Waals surface area contributed by atoms with Crippen molar-refractivity contribution in [3.63, 3.8) is 0 Å². The van der Waals surface area contributed by atoms with Crippen molar-refractivity contribution in [1.29, 1.82) is 0 Å². The molecule has 0 saturated carbocycles. The van der Waals surface area contributed by atoms with E-state index in [1.54, 1.807) is 11.8 Å². The van der Waals surface area contributed by atoms with Gasteiger partial charge in [0.15, 0.2) is 11.0 Å². The average molecular weight is 537 g/mol. The van der Waals surface area contributed by atoms with Crippen molar-refractivity contribution < 1.29 is 0 Å². The summed E-state index contributed by atoms with van der Waals surface area (Å²) in [5, 5.41) is 11.4. The summed E-state index contributed by atoms with van der Waals surface area (Å²) in [6.45, 7) is 0. The zero-order chi connectivity index (χ0) is 23.6. The summed E-state index contributed by atoms with van der Waals surface area (Å²) in [5.41, 5.74) is 6.54. The summed E-state index contributed by atoms with van der Waals surface area (Å²) in [6, 6.07) is 37.5. The molecule has 0 amide bonds. The summed E-state index contributed by atoms with van der Waals surface area (Å²) < 4.78 is 3.19. The van der Waals surface area contributed by atoms with Gasteiger partial charge in [-0.15, -0.1) is 10.2 Å². The zero-order valence-corrected chi connectivity index (χ0v) is 21.1. The lowest BCUT2D eigenvalue weighted by molar-refractivity contribution is 0.885. The summed E-state index contributed by atoms with van der Waals surface area (Å²) in [7, 11) is 0. The molecule has 0 aliphatic carbocycles. The maximum absolute atomic E-state index is 4.73. The number of fused-ring (bicyclic) bond motifs is 1. The summed E-state index contributed by atoms with van der Waals surface area (Å²) in [4.78, 5) is 3.65. The van der Waals surface area contributed by atoms with E-state index in [1.807, 2.05) is 30.3 Å². The van der Waals surface area contributed by atoms with Crippen LogP contribution in [0.5, 0.6) is 0 Å². The standard InChI is InChI=1S/C29H21BrN4S/c30-22-16-17-25-24(18-22)26(21-12-6-2-7-13-21)27(31-25)28-32-33-29(34(28)23-14-8-3-9-15-23)35-19-20-10-4-1-5-11-20/h1-18,31H,19H2. The van der Waals surface area contributed by atoms with E-state index in [0.717, 1.165) is 54.6 Å². The van der Waals surface area contributed by atoms with Crippen LogP contribution in [0.2, 0.25) is 0 Å². The number of benzene rings is 4. The van der Waals surface area contributed by atoms with Gasteiger partial charge in [-0.25, -0.2) is 0 Å². The van der Waals surface area contributed by atoms with Crippen molar-refractivity contribution in [2.75, 3.05) is 0 Å². The topological polar surface area (TPSA) is 46.5 Å². The third-order valence-corrected chi connectivity index (χ3v) is 7.40. The molecule has 170 valence electrons. The van der Waals surface area contributed by atoms with Crippen molar-refractivity contribution >= 4 is 38.6 Å². The molecule has 4 aromatic carbocycles. The molecule has 0 aliphatic heterocycles. The highest BCUT2D eigenvalue weighted by molar-refractivity contribution is 9.10. The van der Waals surface area contributed by atoms with Gasteiger partial charge in [-0.05, 0) is 41.5 Å². The van der Waals surface area contributed by atoms with E-state index in [-0.39, 0.29) is 0 Å². The number of H-pyrrole nitrogens is 1. The predicted octanol–water partition coefficient (Wildman–Crippen LogP) is 8.14. The molecule has 6 heteroatoms. The smallest absolute Gasteiger partial charge is 0.196 e. The lowest BCUT2D eigenvalue weighted by atomic mass is 10.0. The molecule has 4 nitrogen and oxygen atoms in total. The van der Waals surface area contributed by atoms with Crippen molar-refractivity contribution in [3.8, 4) is 28.3 Å². The number of nitrogens with zero attached hydrogens (tertiary/aromatic N) is 3. The zero-order valence-electron chi connectivity index (χ0n) is 18.7. The normalized spacial score (nSPS) is 11.2. The maximum atomic E-state index is 4.73. The molecule has 0 fully saturated rings. The molecule has 0 radical (unpaired) electrons.